The summed E-state index contributed by atoms with van der Waals surface area (Å²) in [5.41, 5.74) is 2.79. The molecule has 5 heteroatoms. The number of carbonyl (C=O) groups excluding carboxylic acids is 1. The highest BCUT2D eigenvalue weighted by Crippen LogP contribution is 2.05. The van der Waals surface area contributed by atoms with Crippen molar-refractivity contribution in [2.45, 2.75) is 13.0 Å². The summed E-state index contributed by atoms with van der Waals surface area (Å²) in [7, 11) is 0. The second-order valence-electron chi connectivity index (χ2n) is 4.39. The number of nitrogens with one attached hydrogen (secondary N) is 2. The van der Waals surface area contributed by atoms with Gasteiger partial charge < -0.3 is 15.4 Å². The number of nitriles is 1. The Balaban J connectivity index is 1.83. The Morgan fingerprint density at radius 2 is 2.00 bits per heavy atom. The van der Waals surface area contributed by atoms with Gasteiger partial charge in [0.05, 0.1) is 12.2 Å². The largest absolute Gasteiger partial charge is 0.392 e. The van der Waals surface area contributed by atoms with Crippen molar-refractivity contribution in [2.75, 3.05) is 6.54 Å². The molecule has 0 spiro atoms. The number of aliphatic hydroxyl groups is 1. The lowest BCUT2D eigenvalue weighted by atomic mass is 10.1. The van der Waals surface area contributed by atoms with Gasteiger partial charge in [0.25, 0.3) is 5.91 Å². The molecule has 3 N–H and O–H groups in total. The monoisotopic (exact) mass is 269 g/mol. The predicted molar refractivity (Wildman–Crippen MR) is 73.9 cm³/mol. The van der Waals surface area contributed by atoms with Gasteiger partial charge in [-0.25, -0.2) is 0 Å². The lowest BCUT2D eigenvalue weighted by molar-refractivity contribution is 0.0954. The number of rotatable bonds is 5. The van der Waals surface area contributed by atoms with Crippen LogP contribution in [0.25, 0.3) is 0 Å². The van der Waals surface area contributed by atoms with Crippen molar-refractivity contribution in [3.05, 3.63) is 58.9 Å². The Hall–Kier alpha value is -2.58. The van der Waals surface area contributed by atoms with Gasteiger partial charge in [-0.3, -0.25) is 4.79 Å². The summed E-state index contributed by atoms with van der Waals surface area (Å²) in [6.07, 6.45) is 2.23. The van der Waals surface area contributed by atoms with Gasteiger partial charge in [-0.15, -0.1) is 0 Å². The SMILES string of the molecule is N#Cc1cc(C(=O)NCCc2ccc(CO)cc2)c[nH]1. The van der Waals surface area contributed by atoms with E-state index in [9.17, 15) is 4.79 Å². The van der Waals surface area contributed by atoms with Crippen LogP contribution in [0.3, 0.4) is 0 Å². The van der Waals surface area contributed by atoms with Gasteiger partial charge in [-0.05, 0) is 23.6 Å². The van der Waals surface area contributed by atoms with E-state index in [1.54, 1.807) is 0 Å². The van der Waals surface area contributed by atoms with Crippen LogP contribution in [0.5, 0.6) is 0 Å². The molecule has 2 aromatic rings. The zero-order chi connectivity index (χ0) is 14.4. The van der Waals surface area contributed by atoms with Gasteiger partial charge in [0, 0.05) is 12.7 Å². The van der Waals surface area contributed by atoms with Crippen molar-refractivity contribution in [1.82, 2.24) is 10.3 Å². The van der Waals surface area contributed by atoms with Crippen LogP contribution in [0, 0.1) is 11.3 Å². The third kappa shape index (κ3) is 3.46. The first-order valence-corrected chi connectivity index (χ1v) is 6.28. The molecule has 0 unspecified atom stereocenters. The van der Waals surface area contributed by atoms with Gasteiger partial charge in [0.15, 0.2) is 0 Å². The first-order chi connectivity index (χ1) is 9.72. The van der Waals surface area contributed by atoms with Crippen molar-refractivity contribution >= 4 is 5.91 Å². The topological polar surface area (TPSA) is 88.9 Å². The Morgan fingerprint density at radius 3 is 2.60 bits per heavy atom. The Labute approximate surface area is 116 Å². The molecule has 102 valence electrons. The maximum Gasteiger partial charge on any atom is 0.252 e. The molecular weight excluding hydrogens is 254 g/mol. The molecule has 0 radical (unpaired) electrons. The lowest BCUT2D eigenvalue weighted by Crippen LogP contribution is -2.25. The number of hydrogen-bond donors (Lipinski definition) is 3. The quantitative estimate of drug-likeness (QED) is 0.765. The van der Waals surface area contributed by atoms with Gasteiger partial charge in [0.2, 0.25) is 0 Å². The summed E-state index contributed by atoms with van der Waals surface area (Å²) in [4.78, 5) is 14.5. The van der Waals surface area contributed by atoms with Crippen LogP contribution in [-0.4, -0.2) is 22.5 Å². The van der Waals surface area contributed by atoms with Crippen molar-refractivity contribution < 1.29 is 9.90 Å². The van der Waals surface area contributed by atoms with Crippen LogP contribution in [0.1, 0.15) is 27.2 Å². The second-order valence-corrected chi connectivity index (χ2v) is 4.39. The zero-order valence-electron chi connectivity index (χ0n) is 10.9. The fourth-order valence-electron chi connectivity index (χ4n) is 1.82. The van der Waals surface area contributed by atoms with E-state index in [1.165, 1.54) is 12.3 Å². The Bertz CT molecular complexity index is 623. The van der Waals surface area contributed by atoms with Gasteiger partial charge in [-0.2, -0.15) is 5.26 Å². The van der Waals surface area contributed by atoms with Crippen LogP contribution in [0.15, 0.2) is 36.5 Å². The number of amides is 1. The molecule has 1 amide bonds. The van der Waals surface area contributed by atoms with E-state index in [4.69, 9.17) is 10.4 Å². The Morgan fingerprint density at radius 1 is 1.30 bits per heavy atom. The van der Waals surface area contributed by atoms with Crippen LogP contribution in [0.2, 0.25) is 0 Å². The molecule has 0 saturated carbocycles. The summed E-state index contributed by atoms with van der Waals surface area (Å²) in [6.45, 7) is 0.552. The highest BCUT2D eigenvalue weighted by molar-refractivity contribution is 5.94. The van der Waals surface area contributed by atoms with E-state index in [0.29, 0.717) is 24.2 Å². The van der Waals surface area contributed by atoms with E-state index in [2.05, 4.69) is 10.3 Å². The number of hydrogen-bond acceptors (Lipinski definition) is 3. The summed E-state index contributed by atoms with van der Waals surface area (Å²) in [5.74, 6) is -0.199. The molecule has 0 fully saturated rings. The van der Waals surface area contributed by atoms with Crippen LogP contribution in [-0.2, 0) is 13.0 Å². The second kappa shape index (κ2) is 6.55. The average molecular weight is 269 g/mol. The first-order valence-electron chi connectivity index (χ1n) is 6.28. The number of carbonyl (C=O) groups is 1. The first kappa shape index (κ1) is 13.8. The summed E-state index contributed by atoms with van der Waals surface area (Å²) >= 11 is 0. The molecule has 0 aliphatic rings. The van der Waals surface area contributed by atoms with Crippen LogP contribution in [0.4, 0.5) is 0 Å². The minimum Gasteiger partial charge on any atom is -0.392 e. The lowest BCUT2D eigenvalue weighted by Gasteiger charge is -2.04. The number of nitrogens with zero attached hydrogens (tertiary/aromatic N) is 1. The van der Waals surface area contributed by atoms with Gasteiger partial charge in [0.1, 0.15) is 11.8 Å². The smallest absolute Gasteiger partial charge is 0.252 e. The van der Waals surface area contributed by atoms with E-state index in [-0.39, 0.29) is 12.5 Å². The highest BCUT2D eigenvalue weighted by atomic mass is 16.3. The van der Waals surface area contributed by atoms with Gasteiger partial charge >= 0.3 is 0 Å². The molecule has 2 rings (SSSR count). The molecule has 5 nitrogen and oxygen atoms in total. The average Bonchev–Trinajstić information content (AvgIpc) is 2.97. The fraction of sp³-hybridized carbons (Fsp3) is 0.200. The number of H-pyrrole nitrogens is 1. The number of aromatic nitrogens is 1. The van der Waals surface area contributed by atoms with Crippen molar-refractivity contribution in [3.63, 3.8) is 0 Å². The third-order valence-electron chi connectivity index (χ3n) is 2.97. The summed E-state index contributed by atoms with van der Waals surface area (Å²) in [6, 6.07) is 11.1. The molecule has 0 saturated heterocycles. The maximum atomic E-state index is 11.8. The van der Waals surface area contributed by atoms with E-state index >= 15 is 0 Å². The van der Waals surface area contributed by atoms with Gasteiger partial charge in [-0.1, -0.05) is 24.3 Å². The highest BCUT2D eigenvalue weighted by Gasteiger charge is 2.07. The molecule has 0 aliphatic carbocycles. The molecule has 1 aromatic heterocycles. The van der Waals surface area contributed by atoms with Crippen molar-refractivity contribution in [3.8, 4) is 6.07 Å². The van der Waals surface area contributed by atoms with Crippen LogP contribution < -0.4 is 5.32 Å². The molecule has 1 aromatic carbocycles. The summed E-state index contributed by atoms with van der Waals surface area (Å²) < 4.78 is 0. The molecule has 0 atom stereocenters. The maximum absolute atomic E-state index is 11.8. The fourth-order valence-corrected chi connectivity index (χ4v) is 1.82. The molecule has 1 heterocycles. The standard InChI is InChI=1S/C15H15N3O2/c16-8-14-7-13(9-18-14)15(20)17-6-5-11-1-3-12(10-19)4-2-11/h1-4,7,9,18-19H,5-6,10H2,(H,17,20). The minimum absolute atomic E-state index is 0.0335. The van der Waals surface area contributed by atoms with E-state index in [1.807, 2.05) is 30.3 Å². The Kier molecular flexibility index (Phi) is 4.53. The minimum atomic E-state index is -0.199. The molecule has 0 aliphatic heterocycles. The van der Waals surface area contributed by atoms with Crippen LogP contribution >= 0.6 is 0 Å². The number of aliphatic hydroxyl groups excluding tert-OH is 1. The molecular formula is C15H15N3O2. The van der Waals surface area contributed by atoms with E-state index in [0.717, 1.165) is 11.1 Å². The molecule has 20 heavy (non-hydrogen) atoms. The summed E-state index contributed by atoms with van der Waals surface area (Å²) in [5, 5.41) is 20.4. The number of aromatic amines is 1. The third-order valence-corrected chi connectivity index (χ3v) is 2.97. The normalized spacial score (nSPS) is 10.0. The van der Waals surface area contributed by atoms with E-state index < -0.39 is 0 Å². The zero-order valence-corrected chi connectivity index (χ0v) is 10.9. The van der Waals surface area contributed by atoms with Crippen molar-refractivity contribution in [2.24, 2.45) is 0 Å². The number of benzene rings is 1. The molecule has 0 bridgehead atoms. The van der Waals surface area contributed by atoms with Crippen molar-refractivity contribution in [1.29, 1.82) is 5.26 Å². The predicted octanol–water partition coefficient (Wildman–Crippen LogP) is 1.35.